The third kappa shape index (κ3) is 1.61. The van der Waals surface area contributed by atoms with Gasteiger partial charge in [-0.1, -0.05) is 0 Å². The van der Waals surface area contributed by atoms with Crippen molar-refractivity contribution in [3.05, 3.63) is 0 Å². The van der Waals surface area contributed by atoms with Crippen LogP contribution in [-0.4, -0.2) is 53.5 Å². The lowest BCUT2D eigenvalue weighted by atomic mass is 10.3. The molecule has 2 aliphatic heterocycles. The van der Waals surface area contributed by atoms with E-state index in [-0.39, 0.29) is 18.0 Å². The van der Waals surface area contributed by atoms with E-state index in [0.29, 0.717) is 19.6 Å². The summed E-state index contributed by atoms with van der Waals surface area (Å²) < 4.78 is 0. The molecular formula is C9H12N4O2. The Labute approximate surface area is 87.4 Å². The molecule has 0 spiro atoms. The first-order chi connectivity index (χ1) is 7.15. The number of hydrogen-bond donors (Lipinski definition) is 1. The summed E-state index contributed by atoms with van der Waals surface area (Å²) in [6.45, 7) is 3.32. The summed E-state index contributed by atoms with van der Waals surface area (Å²) in [6.07, 6.45) is 0. The Morgan fingerprint density at radius 3 is 2.93 bits per heavy atom. The van der Waals surface area contributed by atoms with Gasteiger partial charge in [0, 0.05) is 13.1 Å². The smallest absolute Gasteiger partial charge is 0.318 e. The van der Waals surface area contributed by atoms with Crippen LogP contribution in [0.4, 0.5) is 4.79 Å². The van der Waals surface area contributed by atoms with Gasteiger partial charge in [-0.25, -0.2) is 4.79 Å². The topological polar surface area (TPSA) is 76.2 Å². The van der Waals surface area contributed by atoms with Gasteiger partial charge in [0.05, 0.1) is 12.6 Å². The molecule has 0 radical (unpaired) electrons. The Hall–Kier alpha value is -1.77. The van der Waals surface area contributed by atoms with Crippen molar-refractivity contribution in [3.63, 3.8) is 0 Å². The van der Waals surface area contributed by atoms with E-state index in [1.165, 1.54) is 9.80 Å². The van der Waals surface area contributed by atoms with Crippen molar-refractivity contribution in [2.75, 3.05) is 19.6 Å². The first kappa shape index (κ1) is 9.77. The van der Waals surface area contributed by atoms with Gasteiger partial charge in [-0.3, -0.25) is 4.79 Å². The third-order valence-electron chi connectivity index (χ3n) is 2.76. The molecule has 2 fully saturated rings. The van der Waals surface area contributed by atoms with Gasteiger partial charge in [0.1, 0.15) is 12.1 Å². The minimum absolute atomic E-state index is 0.140. The van der Waals surface area contributed by atoms with Crippen LogP contribution in [0.3, 0.4) is 0 Å². The molecular weight excluding hydrogens is 196 g/mol. The van der Waals surface area contributed by atoms with E-state index >= 15 is 0 Å². The molecule has 2 atom stereocenters. The summed E-state index contributed by atoms with van der Waals surface area (Å²) in [5, 5.41) is 11.2. The zero-order valence-electron chi connectivity index (χ0n) is 8.43. The monoisotopic (exact) mass is 208 g/mol. The molecule has 15 heavy (non-hydrogen) atoms. The van der Waals surface area contributed by atoms with E-state index < -0.39 is 6.04 Å². The minimum Gasteiger partial charge on any atom is -0.336 e. The van der Waals surface area contributed by atoms with E-state index in [1.807, 2.05) is 6.07 Å². The van der Waals surface area contributed by atoms with Crippen molar-refractivity contribution in [3.8, 4) is 6.07 Å². The fourth-order valence-electron chi connectivity index (χ4n) is 1.72. The van der Waals surface area contributed by atoms with E-state index in [9.17, 15) is 9.59 Å². The van der Waals surface area contributed by atoms with Gasteiger partial charge < -0.3 is 15.1 Å². The second kappa shape index (κ2) is 3.42. The van der Waals surface area contributed by atoms with Crippen molar-refractivity contribution < 1.29 is 9.59 Å². The fourth-order valence-corrected chi connectivity index (χ4v) is 1.72. The van der Waals surface area contributed by atoms with Gasteiger partial charge in [-0.15, -0.1) is 0 Å². The number of carbonyl (C=O) groups is 2. The van der Waals surface area contributed by atoms with Crippen LogP contribution in [0.25, 0.3) is 0 Å². The lowest BCUT2D eigenvalue weighted by Gasteiger charge is -2.21. The SMILES string of the molecule is CC(C(=O)N1CC1C#N)N1CCNC1=O. The molecule has 2 saturated heterocycles. The molecule has 0 aromatic carbocycles. The number of amides is 3. The van der Waals surface area contributed by atoms with Crippen LogP contribution in [0.2, 0.25) is 0 Å². The van der Waals surface area contributed by atoms with Crippen LogP contribution in [0.5, 0.6) is 0 Å². The molecule has 0 bridgehead atoms. The Morgan fingerprint density at radius 1 is 1.73 bits per heavy atom. The van der Waals surface area contributed by atoms with Crippen molar-refractivity contribution in [1.29, 1.82) is 5.26 Å². The molecule has 2 rings (SSSR count). The molecule has 6 nitrogen and oxygen atoms in total. The van der Waals surface area contributed by atoms with Crippen molar-refractivity contribution in [1.82, 2.24) is 15.1 Å². The second-order valence-electron chi connectivity index (χ2n) is 3.74. The van der Waals surface area contributed by atoms with Gasteiger partial charge >= 0.3 is 6.03 Å². The molecule has 0 aliphatic carbocycles. The lowest BCUT2D eigenvalue weighted by molar-refractivity contribution is -0.129. The van der Waals surface area contributed by atoms with Crippen LogP contribution < -0.4 is 5.32 Å². The molecule has 2 aliphatic rings. The molecule has 2 unspecified atom stereocenters. The van der Waals surface area contributed by atoms with Crippen LogP contribution in [-0.2, 0) is 4.79 Å². The highest BCUT2D eigenvalue weighted by Crippen LogP contribution is 2.19. The van der Waals surface area contributed by atoms with Crippen molar-refractivity contribution in [2.45, 2.75) is 19.0 Å². The number of urea groups is 1. The quantitative estimate of drug-likeness (QED) is 0.599. The van der Waals surface area contributed by atoms with E-state index in [2.05, 4.69) is 5.32 Å². The molecule has 80 valence electrons. The number of nitriles is 1. The summed E-state index contributed by atoms with van der Waals surface area (Å²) in [5.41, 5.74) is 0. The van der Waals surface area contributed by atoms with Crippen molar-refractivity contribution in [2.24, 2.45) is 0 Å². The number of nitrogens with zero attached hydrogens (tertiary/aromatic N) is 3. The fraction of sp³-hybridized carbons (Fsp3) is 0.667. The zero-order chi connectivity index (χ0) is 11.0. The predicted molar refractivity (Wildman–Crippen MR) is 50.7 cm³/mol. The van der Waals surface area contributed by atoms with Crippen LogP contribution in [0.15, 0.2) is 0 Å². The van der Waals surface area contributed by atoms with Crippen LogP contribution >= 0.6 is 0 Å². The zero-order valence-corrected chi connectivity index (χ0v) is 8.43. The number of nitrogens with one attached hydrogen (secondary N) is 1. The summed E-state index contributed by atoms with van der Waals surface area (Å²) in [4.78, 5) is 26.0. The Balaban J connectivity index is 1.97. The molecule has 2 heterocycles. The summed E-state index contributed by atoms with van der Waals surface area (Å²) in [7, 11) is 0. The summed E-state index contributed by atoms with van der Waals surface area (Å²) in [5.74, 6) is -0.140. The number of rotatable bonds is 2. The highest BCUT2D eigenvalue weighted by atomic mass is 16.2. The normalized spacial score (nSPS) is 25.9. The van der Waals surface area contributed by atoms with Gasteiger partial charge in [-0.05, 0) is 6.92 Å². The maximum atomic E-state index is 11.8. The molecule has 0 saturated carbocycles. The number of hydrogen-bond acceptors (Lipinski definition) is 3. The molecule has 1 N–H and O–H groups in total. The third-order valence-corrected chi connectivity index (χ3v) is 2.76. The summed E-state index contributed by atoms with van der Waals surface area (Å²) >= 11 is 0. The molecule has 0 aromatic heterocycles. The maximum absolute atomic E-state index is 11.8. The lowest BCUT2D eigenvalue weighted by Crippen LogP contribution is -2.44. The first-order valence-corrected chi connectivity index (χ1v) is 4.89. The van der Waals surface area contributed by atoms with Crippen molar-refractivity contribution >= 4 is 11.9 Å². The Kier molecular flexibility index (Phi) is 2.23. The van der Waals surface area contributed by atoms with E-state index in [4.69, 9.17) is 5.26 Å². The largest absolute Gasteiger partial charge is 0.336 e. The van der Waals surface area contributed by atoms with Gasteiger partial charge in [0.2, 0.25) is 5.91 Å². The predicted octanol–water partition coefficient (Wildman–Crippen LogP) is -0.866. The number of carbonyl (C=O) groups excluding carboxylic acids is 2. The minimum atomic E-state index is -0.467. The Morgan fingerprint density at radius 2 is 2.47 bits per heavy atom. The first-order valence-electron chi connectivity index (χ1n) is 4.89. The standard InChI is InChI=1S/C9H12N4O2/c1-6(12-3-2-11-9(12)15)8(14)13-5-7(13)4-10/h6-7H,2-3,5H2,1H3,(H,11,15). The van der Waals surface area contributed by atoms with Gasteiger partial charge in [0.25, 0.3) is 0 Å². The molecule has 3 amide bonds. The van der Waals surface area contributed by atoms with E-state index in [1.54, 1.807) is 6.92 Å². The molecule has 0 aromatic rings. The highest BCUT2D eigenvalue weighted by Gasteiger charge is 2.43. The van der Waals surface area contributed by atoms with Gasteiger partial charge in [0.15, 0.2) is 0 Å². The maximum Gasteiger partial charge on any atom is 0.318 e. The highest BCUT2D eigenvalue weighted by molar-refractivity contribution is 5.89. The van der Waals surface area contributed by atoms with E-state index in [0.717, 1.165) is 0 Å². The van der Waals surface area contributed by atoms with Crippen LogP contribution in [0.1, 0.15) is 6.92 Å². The summed E-state index contributed by atoms with van der Waals surface area (Å²) in [6, 6.07) is 1.06. The van der Waals surface area contributed by atoms with Crippen LogP contribution in [0, 0.1) is 11.3 Å². The Bertz CT molecular complexity index is 349. The molecule has 6 heteroatoms. The second-order valence-corrected chi connectivity index (χ2v) is 3.74. The van der Waals surface area contributed by atoms with Gasteiger partial charge in [-0.2, -0.15) is 5.26 Å². The average molecular weight is 208 g/mol. The average Bonchev–Trinajstić information content (AvgIpc) is 2.91.